The van der Waals surface area contributed by atoms with Crippen LogP contribution in [0.1, 0.15) is 42.9 Å². The number of hydrogen-bond acceptors (Lipinski definition) is 3. The van der Waals surface area contributed by atoms with Crippen LogP contribution in [0.25, 0.3) is 0 Å². The van der Waals surface area contributed by atoms with Crippen molar-refractivity contribution in [2.45, 2.75) is 44.2 Å². The Morgan fingerprint density at radius 2 is 2.20 bits per heavy atom. The van der Waals surface area contributed by atoms with E-state index in [2.05, 4.69) is 22.8 Å². The van der Waals surface area contributed by atoms with Gasteiger partial charge in [-0.3, -0.25) is 4.79 Å². The van der Waals surface area contributed by atoms with Gasteiger partial charge in [-0.25, -0.2) is 0 Å². The smallest absolute Gasteiger partial charge is 0.261 e. The van der Waals surface area contributed by atoms with Crippen LogP contribution in [0.4, 0.5) is 0 Å². The van der Waals surface area contributed by atoms with E-state index >= 15 is 0 Å². The minimum Gasteiger partial charge on any atom is -0.481 e. The van der Waals surface area contributed by atoms with Crippen molar-refractivity contribution in [3.8, 4) is 5.75 Å². The molecule has 2 atom stereocenters. The zero-order chi connectivity index (χ0) is 13.9. The first-order valence-corrected chi connectivity index (χ1v) is 7.52. The highest BCUT2D eigenvalue weighted by atomic mass is 16.5. The lowest BCUT2D eigenvalue weighted by molar-refractivity contribution is -0.127. The lowest BCUT2D eigenvalue weighted by Gasteiger charge is -2.17. The maximum absolute atomic E-state index is 11.9. The minimum absolute atomic E-state index is 0.0242. The molecule has 1 amide bonds. The molecule has 1 saturated heterocycles. The molecule has 0 radical (unpaired) electrons. The molecule has 1 aliphatic heterocycles. The molecule has 0 bridgehead atoms. The average molecular weight is 274 g/mol. The van der Waals surface area contributed by atoms with E-state index in [1.165, 1.54) is 11.1 Å². The van der Waals surface area contributed by atoms with Gasteiger partial charge in [0.05, 0.1) is 0 Å². The minimum atomic E-state index is -0.336. The molecule has 3 rings (SSSR count). The second-order valence-electron chi connectivity index (χ2n) is 5.63. The Morgan fingerprint density at radius 3 is 3.05 bits per heavy atom. The van der Waals surface area contributed by atoms with Crippen molar-refractivity contribution in [1.82, 2.24) is 10.6 Å². The molecule has 1 fully saturated rings. The Bertz CT molecular complexity index is 501. The highest BCUT2D eigenvalue weighted by Crippen LogP contribution is 2.33. The molecule has 1 heterocycles. The van der Waals surface area contributed by atoms with Crippen molar-refractivity contribution >= 4 is 5.91 Å². The number of aryl methyl sites for hydroxylation is 1. The fourth-order valence-corrected chi connectivity index (χ4v) is 3.16. The summed E-state index contributed by atoms with van der Waals surface area (Å²) in [6.07, 6.45) is 4.77. The van der Waals surface area contributed by atoms with Gasteiger partial charge in [0.25, 0.3) is 5.91 Å². The first kappa shape index (κ1) is 13.4. The maximum Gasteiger partial charge on any atom is 0.261 e. The Labute approximate surface area is 119 Å². The van der Waals surface area contributed by atoms with Crippen molar-refractivity contribution in [3.63, 3.8) is 0 Å². The van der Waals surface area contributed by atoms with Crippen LogP contribution in [0.15, 0.2) is 18.2 Å². The van der Waals surface area contributed by atoms with Gasteiger partial charge in [-0.1, -0.05) is 6.07 Å². The molecule has 0 aromatic heterocycles. The number of ether oxygens (including phenoxy) is 1. The van der Waals surface area contributed by atoms with Gasteiger partial charge in [0, 0.05) is 12.6 Å². The van der Waals surface area contributed by atoms with Crippen LogP contribution in [0.5, 0.6) is 5.75 Å². The lowest BCUT2D eigenvalue weighted by atomic mass is 10.1. The van der Waals surface area contributed by atoms with Crippen molar-refractivity contribution in [2.75, 3.05) is 13.6 Å². The molecule has 20 heavy (non-hydrogen) atoms. The van der Waals surface area contributed by atoms with E-state index in [0.29, 0.717) is 6.04 Å². The summed E-state index contributed by atoms with van der Waals surface area (Å²) in [4.78, 5) is 11.9. The average Bonchev–Trinajstić information content (AvgIpc) is 2.76. The Hall–Kier alpha value is -1.55. The number of carbonyl (C=O) groups is 1. The van der Waals surface area contributed by atoms with E-state index < -0.39 is 0 Å². The summed E-state index contributed by atoms with van der Waals surface area (Å²) in [6, 6.07) is 6.69. The van der Waals surface area contributed by atoms with Crippen LogP contribution >= 0.6 is 0 Å². The molecule has 4 nitrogen and oxygen atoms in total. The summed E-state index contributed by atoms with van der Waals surface area (Å²) in [7, 11) is 2.00. The topological polar surface area (TPSA) is 50.4 Å². The highest BCUT2D eigenvalue weighted by molar-refractivity contribution is 5.81. The zero-order valence-electron chi connectivity index (χ0n) is 11.9. The molecular weight excluding hydrogens is 252 g/mol. The van der Waals surface area contributed by atoms with Crippen molar-refractivity contribution < 1.29 is 9.53 Å². The summed E-state index contributed by atoms with van der Waals surface area (Å²) >= 11 is 0. The molecule has 0 spiro atoms. The van der Waals surface area contributed by atoms with Crippen LogP contribution in [0, 0.1) is 0 Å². The molecule has 1 aromatic rings. The van der Waals surface area contributed by atoms with E-state index in [1.807, 2.05) is 13.1 Å². The summed E-state index contributed by atoms with van der Waals surface area (Å²) in [5.41, 5.74) is 2.71. The number of benzene rings is 1. The highest BCUT2D eigenvalue weighted by Gasteiger charge is 2.24. The summed E-state index contributed by atoms with van der Waals surface area (Å²) in [5, 5.41) is 6.24. The third-order valence-corrected chi connectivity index (χ3v) is 4.30. The van der Waals surface area contributed by atoms with Crippen molar-refractivity contribution in [1.29, 1.82) is 0 Å². The van der Waals surface area contributed by atoms with E-state index in [-0.39, 0.29) is 12.0 Å². The fraction of sp³-hybridized carbons (Fsp3) is 0.562. The van der Waals surface area contributed by atoms with Crippen LogP contribution in [0.2, 0.25) is 0 Å². The quantitative estimate of drug-likeness (QED) is 0.885. The van der Waals surface area contributed by atoms with E-state index in [4.69, 9.17) is 4.74 Å². The lowest BCUT2D eigenvalue weighted by Crippen LogP contribution is -2.36. The molecule has 1 aliphatic carbocycles. The van der Waals surface area contributed by atoms with Crippen LogP contribution < -0.4 is 15.4 Å². The number of hydrogen-bond donors (Lipinski definition) is 2. The molecule has 108 valence electrons. The molecule has 2 aliphatic rings. The first-order valence-electron chi connectivity index (χ1n) is 7.52. The van der Waals surface area contributed by atoms with Gasteiger partial charge in [0.2, 0.25) is 0 Å². The van der Waals surface area contributed by atoms with Crippen molar-refractivity contribution in [3.05, 3.63) is 29.3 Å². The van der Waals surface area contributed by atoms with Gasteiger partial charge in [-0.2, -0.15) is 0 Å². The van der Waals surface area contributed by atoms with Gasteiger partial charge in [0.1, 0.15) is 5.75 Å². The van der Waals surface area contributed by atoms with Crippen molar-refractivity contribution in [2.24, 2.45) is 0 Å². The Balaban J connectivity index is 1.73. The molecule has 2 unspecified atom stereocenters. The Kier molecular flexibility index (Phi) is 3.92. The first-order chi connectivity index (χ1) is 9.78. The summed E-state index contributed by atoms with van der Waals surface area (Å²) in [6.45, 7) is 0.771. The molecule has 1 aromatic carbocycles. The molecular formula is C16H22N2O2. The van der Waals surface area contributed by atoms with Crippen LogP contribution in [-0.2, 0) is 11.2 Å². The van der Waals surface area contributed by atoms with Crippen LogP contribution in [0.3, 0.4) is 0 Å². The number of carbonyl (C=O) groups excluding carboxylic acids is 1. The van der Waals surface area contributed by atoms with Gasteiger partial charge in [0.15, 0.2) is 6.10 Å². The molecule has 0 saturated carbocycles. The van der Waals surface area contributed by atoms with Gasteiger partial charge in [-0.15, -0.1) is 0 Å². The number of fused-ring (bicyclic) bond motifs is 1. The third kappa shape index (κ3) is 2.66. The largest absolute Gasteiger partial charge is 0.481 e. The number of nitrogens with one attached hydrogen (secondary N) is 2. The third-order valence-electron chi connectivity index (χ3n) is 4.30. The van der Waals surface area contributed by atoms with Crippen LogP contribution in [-0.4, -0.2) is 25.6 Å². The molecule has 2 N–H and O–H groups in total. The normalized spacial score (nSPS) is 25.8. The van der Waals surface area contributed by atoms with Gasteiger partial charge in [-0.05, 0) is 62.4 Å². The summed E-state index contributed by atoms with van der Waals surface area (Å²) in [5.74, 6) is 0.846. The predicted molar refractivity (Wildman–Crippen MR) is 77.8 cm³/mol. The number of amides is 1. The monoisotopic (exact) mass is 274 g/mol. The van der Waals surface area contributed by atoms with E-state index in [9.17, 15) is 4.79 Å². The van der Waals surface area contributed by atoms with E-state index in [1.54, 1.807) is 0 Å². The Morgan fingerprint density at radius 1 is 1.30 bits per heavy atom. The maximum atomic E-state index is 11.9. The van der Waals surface area contributed by atoms with Gasteiger partial charge >= 0.3 is 0 Å². The molecule has 4 heteroatoms. The SMILES string of the molecule is CNC1CCc2cc(OC3CCCCNC3=O)ccc21. The van der Waals surface area contributed by atoms with E-state index in [0.717, 1.165) is 44.4 Å². The second-order valence-corrected chi connectivity index (χ2v) is 5.63. The zero-order valence-corrected chi connectivity index (χ0v) is 11.9. The second kappa shape index (κ2) is 5.83. The van der Waals surface area contributed by atoms with Gasteiger partial charge < -0.3 is 15.4 Å². The fourth-order valence-electron chi connectivity index (χ4n) is 3.16. The predicted octanol–water partition coefficient (Wildman–Crippen LogP) is 1.94. The standard InChI is InChI=1S/C16H22N2O2/c1-17-14-8-5-11-10-12(6-7-13(11)14)20-15-4-2-3-9-18-16(15)19/h6-7,10,14-15,17H,2-5,8-9H2,1H3,(H,18,19). The summed E-state index contributed by atoms with van der Waals surface area (Å²) < 4.78 is 5.91. The number of rotatable bonds is 3.